The summed E-state index contributed by atoms with van der Waals surface area (Å²) < 4.78 is 12.1. The van der Waals surface area contributed by atoms with Crippen molar-refractivity contribution in [2.75, 3.05) is 5.75 Å². The van der Waals surface area contributed by atoms with E-state index in [9.17, 15) is 9.32 Å². The molecule has 0 saturated heterocycles. The first kappa shape index (κ1) is 12.8. The SMILES string of the molecule is C[C@H](CS(=O)c1ccccc1)[C@H]1C[C@H]1[C@@H](C)O. The summed E-state index contributed by atoms with van der Waals surface area (Å²) in [4.78, 5) is 0.911. The quantitative estimate of drug-likeness (QED) is 0.874. The standard InChI is InChI=1S/C14H20O2S/c1-10(13-8-14(13)11(2)15)9-17(16)12-6-4-3-5-7-12/h3-7,10-11,13-15H,8-9H2,1-2H3/t10-,11-,13-,14+,17?/m1/s1. The molecule has 17 heavy (non-hydrogen) atoms. The van der Waals surface area contributed by atoms with Crippen molar-refractivity contribution in [3.05, 3.63) is 30.3 Å². The fourth-order valence-electron chi connectivity index (χ4n) is 2.48. The Morgan fingerprint density at radius 2 is 1.94 bits per heavy atom. The van der Waals surface area contributed by atoms with Crippen molar-refractivity contribution in [1.82, 2.24) is 0 Å². The van der Waals surface area contributed by atoms with Gasteiger partial charge in [-0.3, -0.25) is 4.21 Å². The van der Waals surface area contributed by atoms with E-state index in [-0.39, 0.29) is 6.10 Å². The van der Waals surface area contributed by atoms with E-state index in [0.717, 1.165) is 11.3 Å². The first-order valence-corrected chi connectivity index (χ1v) is 7.53. The second-order valence-electron chi connectivity index (χ2n) is 5.11. The first-order chi connectivity index (χ1) is 8.09. The van der Waals surface area contributed by atoms with Gasteiger partial charge in [-0.15, -0.1) is 0 Å². The van der Waals surface area contributed by atoms with Crippen LogP contribution in [0, 0.1) is 17.8 Å². The van der Waals surface area contributed by atoms with Crippen molar-refractivity contribution < 1.29 is 9.32 Å². The topological polar surface area (TPSA) is 37.3 Å². The van der Waals surface area contributed by atoms with E-state index in [1.807, 2.05) is 37.3 Å². The Balaban J connectivity index is 1.88. The van der Waals surface area contributed by atoms with Crippen LogP contribution in [-0.2, 0) is 10.8 Å². The van der Waals surface area contributed by atoms with Gasteiger partial charge in [-0.25, -0.2) is 0 Å². The maximum Gasteiger partial charge on any atom is 0.0543 e. The molecule has 2 rings (SSSR count). The zero-order valence-corrected chi connectivity index (χ0v) is 11.2. The van der Waals surface area contributed by atoms with Crippen molar-refractivity contribution in [3.8, 4) is 0 Å². The summed E-state index contributed by atoms with van der Waals surface area (Å²) in [6, 6.07) is 9.62. The minimum Gasteiger partial charge on any atom is -0.393 e. The normalized spacial score (nSPS) is 28.4. The summed E-state index contributed by atoms with van der Waals surface area (Å²) in [5.41, 5.74) is 0. The molecule has 2 nitrogen and oxygen atoms in total. The average molecular weight is 252 g/mol. The lowest BCUT2D eigenvalue weighted by molar-refractivity contribution is 0.160. The summed E-state index contributed by atoms with van der Waals surface area (Å²) in [6.07, 6.45) is 0.873. The van der Waals surface area contributed by atoms with Crippen molar-refractivity contribution in [1.29, 1.82) is 0 Å². The highest BCUT2D eigenvalue weighted by atomic mass is 32.2. The molecule has 0 heterocycles. The molecule has 0 aliphatic heterocycles. The molecule has 1 aromatic carbocycles. The molecule has 3 heteroatoms. The van der Waals surface area contributed by atoms with Gasteiger partial charge in [-0.2, -0.15) is 0 Å². The largest absolute Gasteiger partial charge is 0.393 e. The molecular formula is C14H20O2S. The summed E-state index contributed by atoms with van der Waals surface area (Å²) in [5, 5.41) is 9.49. The molecule has 0 amide bonds. The molecule has 1 fully saturated rings. The molecule has 1 unspecified atom stereocenters. The summed E-state index contributed by atoms with van der Waals surface area (Å²) in [7, 11) is -0.904. The van der Waals surface area contributed by atoms with Crippen LogP contribution in [0.3, 0.4) is 0 Å². The van der Waals surface area contributed by atoms with Crippen LogP contribution in [0.2, 0.25) is 0 Å². The molecule has 1 saturated carbocycles. The lowest BCUT2D eigenvalue weighted by Gasteiger charge is -2.11. The van der Waals surface area contributed by atoms with Crippen LogP contribution in [0.1, 0.15) is 20.3 Å². The Morgan fingerprint density at radius 3 is 2.47 bits per heavy atom. The lowest BCUT2D eigenvalue weighted by Crippen LogP contribution is -2.14. The molecule has 0 radical (unpaired) electrons. The highest BCUT2D eigenvalue weighted by molar-refractivity contribution is 7.85. The molecule has 5 atom stereocenters. The van der Waals surface area contributed by atoms with Gasteiger partial charge in [0.05, 0.1) is 16.9 Å². The van der Waals surface area contributed by atoms with E-state index >= 15 is 0 Å². The third-order valence-electron chi connectivity index (χ3n) is 3.66. The minimum atomic E-state index is -0.904. The van der Waals surface area contributed by atoms with Gasteiger partial charge < -0.3 is 5.11 Å². The predicted octanol–water partition coefficient (Wildman–Crippen LogP) is 2.45. The van der Waals surface area contributed by atoms with Crippen molar-refractivity contribution in [2.24, 2.45) is 17.8 Å². The Morgan fingerprint density at radius 1 is 1.29 bits per heavy atom. The first-order valence-electron chi connectivity index (χ1n) is 6.21. The van der Waals surface area contributed by atoms with Crippen molar-refractivity contribution in [3.63, 3.8) is 0 Å². The van der Waals surface area contributed by atoms with Crippen LogP contribution in [0.25, 0.3) is 0 Å². The second-order valence-corrected chi connectivity index (χ2v) is 6.60. The smallest absolute Gasteiger partial charge is 0.0543 e. The molecular weight excluding hydrogens is 232 g/mol. The van der Waals surface area contributed by atoms with Gasteiger partial charge in [0, 0.05) is 10.6 Å². The van der Waals surface area contributed by atoms with Gasteiger partial charge in [-0.05, 0) is 43.2 Å². The molecule has 1 aromatic rings. The maximum atomic E-state index is 12.1. The Hall–Kier alpha value is -0.670. The van der Waals surface area contributed by atoms with Gasteiger partial charge in [0.1, 0.15) is 0 Å². The van der Waals surface area contributed by atoms with E-state index in [1.54, 1.807) is 0 Å². The van der Waals surface area contributed by atoms with Gasteiger partial charge >= 0.3 is 0 Å². The van der Waals surface area contributed by atoms with E-state index in [2.05, 4.69) is 6.92 Å². The molecule has 0 bridgehead atoms. The van der Waals surface area contributed by atoms with Crippen LogP contribution in [0.5, 0.6) is 0 Å². The molecule has 94 valence electrons. The fraction of sp³-hybridized carbons (Fsp3) is 0.571. The zero-order chi connectivity index (χ0) is 12.4. The fourth-order valence-corrected chi connectivity index (χ4v) is 3.85. The van der Waals surface area contributed by atoms with E-state index in [1.165, 1.54) is 0 Å². The van der Waals surface area contributed by atoms with Gasteiger partial charge in [-0.1, -0.05) is 25.1 Å². The maximum absolute atomic E-state index is 12.1. The third-order valence-corrected chi connectivity index (χ3v) is 5.29. The van der Waals surface area contributed by atoms with Gasteiger partial charge in [0.2, 0.25) is 0 Å². The van der Waals surface area contributed by atoms with E-state index in [0.29, 0.717) is 23.5 Å². The van der Waals surface area contributed by atoms with E-state index < -0.39 is 10.8 Å². The number of benzene rings is 1. The Kier molecular flexibility index (Phi) is 4.00. The van der Waals surface area contributed by atoms with E-state index in [4.69, 9.17) is 0 Å². The number of hydrogen-bond donors (Lipinski definition) is 1. The Labute approximate surface area is 106 Å². The number of hydrogen-bond acceptors (Lipinski definition) is 2. The minimum absolute atomic E-state index is 0.215. The summed E-state index contributed by atoms with van der Waals surface area (Å²) >= 11 is 0. The highest BCUT2D eigenvalue weighted by Crippen LogP contribution is 2.46. The molecule has 0 aromatic heterocycles. The molecule has 1 aliphatic carbocycles. The zero-order valence-electron chi connectivity index (χ0n) is 10.4. The second kappa shape index (κ2) is 5.32. The molecule has 0 spiro atoms. The molecule has 1 N–H and O–H groups in total. The number of rotatable bonds is 5. The van der Waals surface area contributed by atoms with Crippen LogP contribution in [-0.4, -0.2) is 21.2 Å². The van der Waals surface area contributed by atoms with Crippen LogP contribution >= 0.6 is 0 Å². The summed E-state index contributed by atoms with van der Waals surface area (Å²) in [5.74, 6) is 2.12. The lowest BCUT2D eigenvalue weighted by atomic mass is 10.1. The summed E-state index contributed by atoms with van der Waals surface area (Å²) in [6.45, 7) is 4.00. The number of aliphatic hydroxyl groups excluding tert-OH is 1. The van der Waals surface area contributed by atoms with Crippen LogP contribution < -0.4 is 0 Å². The Bertz CT molecular complexity index is 388. The molecule has 1 aliphatic rings. The van der Waals surface area contributed by atoms with Crippen molar-refractivity contribution in [2.45, 2.75) is 31.3 Å². The third kappa shape index (κ3) is 3.17. The van der Waals surface area contributed by atoms with Gasteiger partial charge in [0.25, 0.3) is 0 Å². The highest BCUT2D eigenvalue weighted by Gasteiger charge is 2.44. The van der Waals surface area contributed by atoms with Gasteiger partial charge in [0.15, 0.2) is 0 Å². The van der Waals surface area contributed by atoms with Crippen LogP contribution in [0.4, 0.5) is 0 Å². The average Bonchev–Trinajstić information content (AvgIpc) is 3.10. The van der Waals surface area contributed by atoms with Crippen molar-refractivity contribution >= 4 is 10.8 Å². The van der Waals surface area contributed by atoms with Crippen LogP contribution in [0.15, 0.2) is 35.2 Å². The monoisotopic (exact) mass is 252 g/mol. The predicted molar refractivity (Wildman–Crippen MR) is 70.2 cm³/mol. The number of aliphatic hydroxyl groups is 1.